The fraction of sp³-hybridized carbons (Fsp3) is 0.417. The second-order valence-corrected chi connectivity index (χ2v) is 11.6. The first-order chi connectivity index (χ1) is 16.6. The van der Waals surface area contributed by atoms with Crippen LogP contribution in [-0.4, -0.2) is 50.5 Å². The van der Waals surface area contributed by atoms with Gasteiger partial charge < -0.3 is 10.2 Å². The van der Waals surface area contributed by atoms with Gasteiger partial charge in [0, 0.05) is 17.6 Å². The van der Waals surface area contributed by atoms with E-state index in [1.165, 1.54) is 17.9 Å². The summed E-state index contributed by atoms with van der Waals surface area (Å²) in [7, 11) is -4.15. The number of sulfonamides is 1. The summed E-state index contributed by atoms with van der Waals surface area (Å²) in [5, 5.41) is 2.75. The molecule has 0 aliphatic carbocycles. The van der Waals surface area contributed by atoms with E-state index in [9.17, 15) is 31.2 Å². The van der Waals surface area contributed by atoms with Gasteiger partial charge in [0.15, 0.2) is 0 Å². The van der Waals surface area contributed by atoms with Gasteiger partial charge in [-0.05, 0) is 48.7 Å². The molecule has 0 heterocycles. The minimum atomic E-state index is -4.70. The number of rotatable bonds is 10. The van der Waals surface area contributed by atoms with Crippen molar-refractivity contribution in [3.8, 4) is 0 Å². The van der Waals surface area contributed by atoms with Crippen molar-refractivity contribution in [1.82, 2.24) is 10.2 Å². The third kappa shape index (κ3) is 8.51. The Morgan fingerprint density at radius 1 is 1.06 bits per heavy atom. The average molecular weight is 592 g/mol. The van der Waals surface area contributed by atoms with Crippen molar-refractivity contribution in [2.24, 2.45) is 5.92 Å². The van der Waals surface area contributed by atoms with Crippen LogP contribution in [-0.2, 0) is 32.3 Å². The number of carbonyl (C=O) groups is 2. The van der Waals surface area contributed by atoms with Gasteiger partial charge in [-0.15, -0.1) is 0 Å². The lowest BCUT2D eigenvalue weighted by Crippen LogP contribution is -2.51. The third-order valence-corrected chi connectivity index (χ3v) is 6.87. The van der Waals surface area contributed by atoms with Gasteiger partial charge in [0.25, 0.3) is 0 Å². The number of amides is 2. The van der Waals surface area contributed by atoms with E-state index >= 15 is 0 Å². The molecule has 0 bridgehead atoms. The third-order valence-electron chi connectivity index (χ3n) is 5.23. The summed E-state index contributed by atoms with van der Waals surface area (Å²) in [4.78, 5) is 27.4. The molecule has 0 aromatic heterocycles. The van der Waals surface area contributed by atoms with Gasteiger partial charge >= 0.3 is 6.18 Å². The largest absolute Gasteiger partial charge is 0.416 e. The number of hydrogen-bond donors (Lipinski definition) is 1. The highest BCUT2D eigenvalue weighted by atomic mass is 79.9. The molecular weight excluding hydrogens is 563 g/mol. The Bertz CT molecular complexity index is 1190. The standard InChI is InChI=1S/C24H29BrF3N3O4S/c1-16(2)13-29-23(33)17(3)30(14-18-7-5-9-20(25)11-18)22(32)15-31(36(4,34)35)21-10-6-8-19(12-21)24(26,27)28/h5-12,16-17H,13-15H2,1-4H3,(H,29,33)/t17-/m1/s1. The van der Waals surface area contributed by atoms with Gasteiger partial charge in [-0.2, -0.15) is 13.2 Å². The Kier molecular flexibility index (Phi) is 9.95. The number of nitrogens with zero attached hydrogens (tertiary/aromatic N) is 2. The predicted octanol–water partition coefficient (Wildman–Crippen LogP) is 4.42. The fourth-order valence-corrected chi connectivity index (χ4v) is 4.61. The summed E-state index contributed by atoms with van der Waals surface area (Å²) in [6.45, 7) is 4.91. The highest BCUT2D eigenvalue weighted by Gasteiger charge is 2.33. The van der Waals surface area contributed by atoms with Crippen LogP contribution in [0.15, 0.2) is 53.0 Å². The predicted molar refractivity (Wildman–Crippen MR) is 136 cm³/mol. The Morgan fingerprint density at radius 3 is 2.25 bits per heavy atom. The van der Waals surface area contributed by atoms with E-state index in [-0.39, 0.29) is 18.2 Å². The zero-order chi connectivity index (χ0) is 27.3. The summed E-state index contributed by atoms with van der Waals surface area (Å²) in [6, 6.07) is 9.79. The minimum Gasteiger partial charge on any atom is -0.354 e. The second-order valence-electron chi connectivity index (χ2n) is 8.78. The van der Waals surface area contributed by atoms with Crippen molar-refractivity contribution < 1.29 is 31.2 Å². The number of halogens is 4. The molecule has 2 aromatic rings. The smallest absolute Gasteiger partial charge is 0.354 e. The van der Waals surface area contributed by atoms with Crippen LogP contribution in [0.2, 0.25) is 0 Å². The van der Waals surface area contributed by atoms with Gasteiger partial charge in [-0.3, -0.25) is 13.9 Å². The van der Waals surface area contributed by atoms with Crippen molar-refractivity contribution >= 4 is 43.5 Å². The molecule has 0 saturated carbocycles. The van der Waals surface area contributed by atoms with Gasteiger partial charge in [0.1, 0.15) is 12.6 Å². The Morgan fingerprint density at radius 2 is 1.69 bits per heavy atom. The van der Waals surface area contributed by atoms with E-state index in [4.69, 9.17) is 0 Å². The number of hydrogen-bond acceptors (Lipinski definition) is 4. The average Bonchev–Trinajstić information content (AvgIpc) is 2.77. The second kappa shape index (κ2) is 12.1. The van der Waals surface area contributed by atoms with Crippen molar-refractivity contribution in [2.45, 2.75) is 39.5 Å². The maximum absolute atomic E-state index is 13.4. The van der Waals surface area contributed by atoms with Crippen molar-refractivity contribution in [3.05, 3.63) is 64.1 Å². The van der Waals surface area contributed by atoms with Crippen LogP contribution in [0.25, 0.3) is 0 Å². The maximum Gasteiger partial charge on any atom is 0.416 e. The van der Waals surface area contributed by atoms with E-state index in [1.54, 1.807) is 24.3 Å². The normalized spacial score (nSPS) is 12.8. The van der Waals surface area contributed by atoms with Crippen molar-refractivity contribution in [1.29, 1.82) is 0 Å². The number of nitrogens with one attached hydrogen (secondary N) is 1. The van der Waals surface area contributed by atoms with Gasteiger partial charge in [-0.1, -0.05) is 48.0 Å². The molecule has 2 amide bonds. The molecule has 2 aromatic carbocycles. The molecule has 0 saturated heterocycles. The minimum absolute atomic E-state index is 0.0191. The lowest BCUT2D eigenvalue weighted by molar-refractivity contribution is -0.139. The molecule has 0 aliphatic rings. The number of carbonyl (C=O) groups excluding carboxylic acids is 2. The monoisotopic (exact) mass is 591 g/mol. The first-order valence-corrected chi connectivity index (χ1v) is 13.7. The molecule has 0 radical (unpaired) electrons. The summed E-state index contributed by atoms with van der Waals surface area (Å²) < 4.78 is 66.1. The highest BCUT2D eigenvalue weighted by molar-refractivity contribution is 9.10. The summed E-state index contributed by atoms with van der Waals surface area (Å²) in [5.74, 6) is -1.01. The SMILES string of the molecule is CC(C)CNC(=O)[C@@H](C)N(Cc1cccc(Br)c1)C(=O)CN(c1cccc(C(F)(F)F)c1)S(C)(=O)=O. The molecule has 36 heavy (non-hydrogen) atoms. The first-order valence-electron chi connectivity index (χ1n) is 11.1. The van der Waals surface area contributed by atoms with Crippen LogP contribution < -0.4 is 9.62 Å². The summed E-state index contributed by atoms with van der Waals surface area (Å²) in [6.07, 6.45) is -3.89. The van der Waals surface area contributed by atoms with Crippen LogP contribution >= 0.6 is 15.9 Å². The van der Waals surface area contributed by atoms with Gasteiger partial charge in [0.05, 0.1) is 17.5 Å². The molecule has 7 nitrogen and oxygen atoms in total. The molecule has 0 unspecified atom stereocenters. The Labute approximate surface area is 217 Å². The molecule has 2 rings (SSSR count). The van der Waals surface area contributed by atoms with E-state index in [0.717, 1.165) is 22.9 Å². The molecule has 1 N–H and O–H groups in total. The molecular formula is C24H29BrF3N3O4S. The van der Waals surface area contributed by atoms with E-state index in [1.807, 2.05) is 13.8 Å². The van der Waals surface area contributed by atoms with Crippen molar-refractivity contribution in [3.63, 3.8) is 0 Å². The molecule has 1 atom stereocenters. The maximum atomic E-state index is 13.4. The van der Waals surface area contributed by atoms with Crippen LogP contribution in [0, 0.1) is 5.92 Å². The van der Waals surface area contributed by atoms with Crippen LogP contribution in [0.4, 0.5) is 18.9 Å². The van der Waals surface area contributed by atoms with Gasteiger partial charge in [-0.25, -0.2) is 8.42 Å². The van der Waals surface area contributed by atoms with Gasteiger partial charge in [0.2, 0.25) is 21.8 Å². The van der Waals surface area contributed by atoms with E-state index < -0.39 is 46.2 Å². The Hall–Kier alpha value is -2.60. The molecule has 0 spiro atoms. The Balaban J connectivity index is 2.42. The molecule has 0 fully saturated rings. The van der Waals surface area contributed by atoms with Crippen molar-refractivity contribution in [2.75, 3.05) is 23.7 Å². The fourth-order valence-electron chi connectivity index (χ4n) is 3.32. The summed E-state index contributed by atoms with van der Waals surface area (Å²) >= 11 is 3.35. The van der Waals surface area contributed by atoms with Crippen LogP contribution in [0.1, 0.15) is 31.9 Å². The van der Waals surface area contributed by atoms with Crippen LogP contribution in [0.5, 0.6) is 0 Å². The molecule has 0 aliphatic heterocycles. The first kappa shape index (κ1) is 29.6. The van der Waals surface area contributed by atoms with E-state index in [2.05, 4.69) is 21.2 Å². The number of alkyl halides is 3. The zero-order valence-corrected chi connectivity index (χ0v) is 22.7. The zero-order valence-electron chi connectivity index (χ0n) is 20.3. The summed E-state index contributed by atoms with van der Waals surface area (Å²) in [5.41, 5.74) is -0.681. The molecule has 12 heteroatoms. The van der Waals surface area contributed by atoms with Crippen LogP contribution in [0.3, 0.4) is 0 Å². The number of anilines is 1. The quantitative estimate of drug-likeness (QED) is 0.443. The highest BCUT2D eigenvalue weighted by Crippen LogP contribution is 2.32. The lowest BCUT2D eigenvalue weighted by atomic mass is 10.1. The van der Waals surface area contributed by atoms with E-state index in [0.29, 0.717) is 22.5 Å². The topological polar surface area (TPSA) is 86.8 Å². The lowest BCUT2D eigenvalue weighted by Gasteiger charge is -2.31. The molecule has 198 valence electrons. The number of benzene rings is 2.